The molecule has 0 fully saturated rings. The smallest absolute Gasteiger partial charge is 0.276 e. The lowest BCUT2D eigenvalue weighted by Crippen LogP contribution is -2.32. The van der Waals surface area contributed by atoms with Crippen LogP contribution < -0.4 is 4.74 Å². The summed E-state index contributed by atoms with van der Waals surface area (Å²) in [7, 11) is 0. The highest BCUT2D eigenvalue weighted by atomic mass is 32.1. The quantitative estimate of drug-likeness (QED) is 0.735. The summed E-state index contributed by atoms with van der Waals surface area (Å²) in [4.78, 5) is 15.7. The Labute approximate surface area is 143 Å². The fourth-order valence-electron chi connectivity index (χ4n) is 2.70. The molecule has 0 N–H and O–H groups in total. The molecule has 1 aliphatic rings. The van der Waals surface area contributed by atoms with Crippen molar-refractivity contribution in [3.8, 4) is 5.75 Å². The van der Waals surface area contributed by atoms with E-state index in [9.17, 15) is 4.79 Å². The van der Waals surface area contributed by atoms with Crippen molar-refractivity contribution < 1.29 is 9.53 Å². The number of thiophene rings is 1. The van der Waals surface area contributed by atoms with Crippen molar-refractivity contribution in [2.24, 2.45) is 0 Å². The number of para-hydroxylation sites is 1. The molecule has 7 heteroatoms. The van der Waals surface area contributed by atoms with Crippen LogP contribution in [0.3, 0.4) is 0 Å². The summed E-state index contributed by atoms with van der Waals surface area (Å²) in [6, 6.07) is 11.8. The third-order valence-corrected chi connectivity index (χ3v) is 4.76. The Balaban J connectivity index is 1.50. The van der Waals surface area contributed by atoms with E-state index in [0.29, 0.717) is 31.9 Å². The predicted octanol–water partition coefficient (Wildman–Crippen LogP) is 2.42. The van der Waals surface area contributed by atoms with Crippen LogP contribution in [0.5, 0.6) is 5.75 Å². The molecular weight excluding hydrogens is 324 g/mol. The molecule has 0 radical (unpaired) electrons. The Morgan fingerprint density at radius 2 is 2.17 bits per heavy atom. The first-order valence-corrected chi connectivity index (χ1v) is 8.60. The van der Waals surface area contributed by atoms with Crippen LogP contribution in [-0.4, -0.2) is 39.0 Å². The maximum Gasteiger partial charge on any atom is 0.276 e. The molecule has 3 heterocycles. The highest BCUT2D eigenvalue weighted by Gasteiger charge is 2.23. The van der Waals surface area contributed by atoms with E-state index in [2.05, 4.69) is 10.3 Å². The molecule has 0 saturated carbocycles. The van der Waals surface area contributed by atoms with Gasteiger partial charge in [0.2, 0.25) is 0 Å². The molecule has 1 amide bonds. The summed E-state index contributed by atoms with van der Waals surface area (Å²) >= 11 is 1.66. The molecule has 2 aromatic heterocycles. The molecule has 0 unspecified atom stereocenters. The third kappa shape index (κ3) is 3.03. The van der Waals surface area contributed by atoms with Gasteiger partial charge < -0.3 is 9.64 Å². The number of carbonyl (C=O) groups excluding carboxylic acids is 1. The fraction of sp³-hybridized carbons (Fsp3) is 0.235. The summed E-state index contributed by atoms with van der Waals surface area (Å²) in [5.41, 5.74) is 1.38. The van der Waals surface area contributed by atoms with E-state index in [-0.39, 0.29) is 5.91 Å². The number of hydrogen-bond acceptors (Lipinski definition) is 5. The van der Waals surface area contributed by atoms with Crippen molar-refractivity contribution in [1.29, 1.82) is 0 Å². The van der Waals surface area contributed by atoms with Crippen LogP contribution in [0.1, 0.15) is 20.9 Å². The molecule has 0 spiro atoms. The lowest BCUT2D eigenvalue weighted by Gasteiger charge is -2.18. The van der Waals surface area contributed by atoms with Gasteiger partial charge in [0.15, 0.2) is 5.69 Å². The SMILES string of the molecule is O=C(c1cn(Cc2cccs2)nn1)N1CCOc2ccccc2C1. The number of ether oxygens (including phenoxy) is 1. The van der Waals surface area contributed by atoms with Crippen molar-refractivity contribution in [3.05, 3.63) is 64.1 Å². The normalized spacial score (nSPS) is 13.9. The predicted molar refractivity (Wildman–Crippen MR) is 90.1 cm³/mol. The molecule has 24 heavy (non-hydrogen) atoms. The summed E-state index contributed by atoms with van der Waals surface area (Å²) in [6.07, 6.45) is 1.71. The Bertz CT molecular complexity index is 844. The number of nitrogens with zero attached hydrogens (tertiary/aromatic N) is 4. The minimum absolute atomic E-state index is 0.118. The lowest BCUT2D eigenvalue weighted by molar-refractivity contribution is 0.0727. The average molecular weight is 340 g/mol. The minimum Gasteiger partial charge on any atom is -0.491 e. The van der Waals surface area contributed by atoms with Crippen molar-refractivity contribution >= 4 is 17.2 Å². The molecule has 122 valence electrons. The van der Waals surface area contributed by atoms with Crippen LogP contribution in [-0.2, 0) is 13.1 Å². The lowest BCUT2D eigenvalue weighted by atomic mass is 10.2. The number of benzene rings is 1. The van der Waals surface area contributed by atoms with Crippen LogP contribution in [0.15, 0.2) is 48.0 Å². The van der Waals surface area contributed by atoms with Gasteiger partial charge in [0.25, 0.3) is 5.91 Å². The molecule has 3 aromatic rings. The fourth-order valence-corrected chi connectivity index (χ4v) is 3.39. The summed E-state index contributed by atoms with van der Waals surface area (Å²) < 4.78 is 7.40. The van der Waals surface area contributed by atoms with E-state index < -0.39 is 0 Å². The number of rotatable bonds is 3. The van der Waals surface area contributed by atoms with E-state index in [1.165, 1.54) is 4.88 Å². The first kappa shape index (κ1) is 14.9. The van der Waals surface area contributed by atoms with Gasteiger partial charge in [-0.2, -0.15) is 0 Å². The second kappa shape index (κ2) is 6.45. The molecule has 0 atom stereocenters. The van der Waals surface area contributed by atoms with Gasteiger partial charge in [0.1, 0.15) is 12.4 Å². The number of fused-ring (bicyclic) bond motifs is 1. The standard InChI is InChI=1S/C17H16N4O2S/c22-17(15-12-21(19-18-15)11-14-5-3-9-24-14)20-7-8-23-16-6-2-1-4-13(16)10-20/h1-6,9,12H,7-8,10-11H2. The monoisotopic (exact) mass is 340 g/mol. The van der Waals surface area contributed by atoms with Gasteiger partial charge in [-0.05, 0) is 17.5 Å². The molecule has 4 rings (SSSR count). The van der Waals surface area contributed by atoms with Crippen LogP contribution >= 0.6 is 11.3 Å². The summed E-state index contributed by atoms with van der Waals surface area (Å²) in [5, 5.41) is 10.1. The number of hydrogen-bond donors (Lipinski definition) is 0. The molecule has 0 aliphatic carbocycles. The van der Waals surface area contributed by atoms with Gasteiger partial charge in [0.05, 0.1) is 19.3 Å². The van der Waals surface area contributed by atoms with Gasteiger partial charge in [-0.1, -0.05) is 29.5 Å². The van der Waals surface area contributed by atoms with E-state index in [4.69, 9.17) is 4.74 Å². The zero-order valence-corrected chi connectivity index (χ0v) is 13.8. The van der Waals surface area contributed by atoms with Crippen molar-refractivity contribution in [2.75, 3.05) is 13.2 Å². The molecule has 6 nitrogen and oxygen atoms in total. The Morgan fingerprint density at radius 3 is 3.04 bits per heavy atom. The first-order chi connectivity index (χ1) is 11.8. The van der Waals surface area contributed by atoms with Gasteiger partial charge in [0, 0.05) is 17.0 Å². The topological polar surface area (TPSA) is 60.2 Å². The second-order valence-corrected chi connectivity index (χ2v) is 6.60. The van der Waals surface area contributed by atoms with E-state index >= 15 is 0 Å². The van der Waals surface area contributed by atoms with Crippen molar-refractivity contribution in [2.45, 2.75) is 13.1 Å². The van der Waals surface area contributed by atoms with Gasteiger partial charge in [-0.3, -0.25) is 4.79 Å². The zero-order valence-electron chi connectivity index (χ0n) is 13.0. The van der Waals surface area contributed by atoms with Crippen molar-refractivity contribution in [1.82, 2.24) is 19.9 Å². The summed E-state index contributed by atoms with van der Waals surface area (Å²) in [6.45, 7) is 2.16. The highest BCUT2D eigenvalue weighted by molar-refractivity contribution is 7.09. The van der Waals surface area contributed by atoms with E-state index in [1.54, 1.807) is 27.1 Å². The molecule has 1 aromatic carbocycles. The minimum atomic E-state index is -0.118. The van der Waals surface area contributed by atoms with Crippen LogP contribution in [0.4, 0.5) is 0 Å². The van der Waals surface area contributed by atoms with Crippen LogP contribution in [0, 0.1) is 0 Å². The Hall–Kier alpha value is -2.67. The molecule has 1 aliphatic heterocycles. The van der Waals surface area contributed by atoms with Gasteiger partial charge >= 0.3 is 0 Å². The molecule has 0 saturated heterocycles. The maximum atomic E-state index is 12.7. The summed E-state index contributed by atoms with van der Waals surface area (Å²) in [5.74, 6) is 0.724. The maximum absolute atomic E-state index is 12.7. The number of aromatic nitrogens is 3. The van der Waals surface area contributed by atoms with E-state index in [1.807, 2.05) is 41.8 Å². The van der Waals surface area contributed by atoms with E-state index in [0.717, 1.165) is 11.3 Å². The van der Waals surface area contributed by atoms with Crippen LogP contribution in [0.2, 0.25) is 0 Å². The first-order valence-electron chi connectivity index (χ1n) is 7.72. The Morgan fingerprint density at radius 1 is 1.25 bits per heavy atom. The molecule has 0 bridgehead atoms. The van der Waals surface area contributed by atoms with Crippen LogP contribution in [0.25, 0.3) is 0 Å². The average Bonchev–Trinajstić information content (AvgIpc) is 3.22. The third-order valence-electron chi connectivity index (χ3n) is 3.90. The molecular formula is C17H16N4O2S. The van der Waals surface area contributed by atoms with Gasteiger partial charge in [-0.15, -0.1) is 16.4 Å². The second-order valence-electron chi connectivity index (χ2n) is 5.56. The largest absolute Gasteiger partial charge is 0.491 e. The zero-order chi connectivity index (χ0) is 16.4. The number of amides is 1. The number of carbonyl (C=O) groups is 1. The van der Waals surface area contributed by atoms with Gasteiger partial charge in [-0.25, -0.2) is 4.68 Å². The van der Waals surface area contributed by atoms with Crippen molar-refractivity contribution in [3.63, 3.8) is 0 Å². The highest BCUT2D eigenvalue weighted by Crippen LogP contribution is 2.23. The Kier molecular flexibility index (Phi) is 4.00.